The maximum atomic E-state index is 14.3. The van der Waals surface area contributed by atoms with Gasteiger partial charge in [-0.25, -0.2) is 20.8 Å². The molecule has 8 rings (SSSR count). The summed E-state index contributed by atoms with van der Waals surface area (Å²) in [5.41, 5.74) is 3.60. The molecule has 5 aromatic rings. The Morgan fingerprint density at radius 3 is 2.29 bits per heavy atom. The number of carbonyl (C=O) groups excluding carboxylic acids is 3. The van der Waals surface area contributed by atoms with Gasteiger partial charge in [0.2, 0.25) is 11.8 Å². The molecule has 1 unspecified atom stereocenters. The van der Waals surface area contributed by atoms with Gasteiger partial charge in [-0.15, -0.1) is 0 Å². The summed E-state index contributed by atoms with van der Waals surface area (Å²) in [5, 5.41) is 4.65. The fourth-order valence-corrected chi connectivity index (χ4v) is 9.94. The van der Waals surface area contributed by atoms with Gasteiger partial charge in [0, 0.05) is 35.8 Å². The number of amides is 3. The number of nitrogens with zero attached hydrogens (tertiary/aromatic N) is 3. The van der Waals surface area contributed by atoms with Crippen molar-refractivity contribution >= 4 is 71.0 Å². The van der Waals surface area contributed by atoms with Crippen molar-refractivity contribution in [2.75, 3.05) is 22.9 Å². The summed E-state index contributed by atoms with van der Waals surface area (Å²) in [6.45, 7) is 2.88. The summed E-state index contributed by atoms with van der Waals surface area (Å²) >= 11 is 0. The van der Waals surface area contributed by atoms with Crippen molar-refractivity contribution in [3.63, 3.8) is 0 Å². The number of aryl methyl sites for hydroxylation is 1. The Kier molecular flexibility index (Phi) is 9.37. The largest absolute Gasteiger partial charge is 1.00 e. The molecule has 3 amide bonds. The Morgan fingerprint density at radius 1 is 0.865 bits per heavy atom. The number of fused-ring (bicyclic) bond motifs is 1. The number of carbonyl (C=O) groups is 3. The van der Waals surface area contributed by atoms with Gasteiger partial charge in [0.1, 0.15) is 11.9 Å². The number of hydrogen-bond donors (Lipinski definition) is 1. The summed E-state index contributed by atoms with van der Waals surface area (Å²) in [5.74, 6) is -1.33. The minimum Gasteiger partial charge on any atom is -0.748 e. The fraction of sp³-hybridized carbons (Fsp3) is 0.270. The summed E-state index contributed by atoms with van der Waals surface area (Å²) in [4.78, 5) is 41.8. The van der Waals surface area contributed by atoms with Crippen LogP contribution in [0.15, 0.2) is 83.8 Å². The Balaban J connectivity index is 0.00000420. The van der Waals surface area contributed by atoms with Crippen molar-refractivity contribution in [1.29, 1.82) is 0 Å². The van der Waals surface area contributed by atoms with E-state index in [2.05, 4.69) is 5.32 Å². The molecule has 2 saturated heterocycles. The van der Waals surface area contributed by atoms with E-state index in [0.29, 0.717) is 48.4 Å². The Labute approximate surface area is 322 Å². The summed E-state index contributed by atoms with van der Waals surface area (Å²) < 4.78 is 64.6. The molecule has 0 bridgehead atoms. The Hall–Kier alpha value is -4.05. The van der Waals surface area contributed by atoms with Crippen LogP contribution in [0.1, 0.15) is 58.6 Å². The number of benzene rings is 4. The molecule has 0 radical (unpaired) electrons. The van der Waals surface area contributed by atoms with Gasteiger partial charge >= 0.3 is 29.6 Å². The van der Waals surface area contributed by atoms with E-state index in [1.165, 1.54) is 21.0 Å². The molecule has 4 heterocycles. The molecule has 4 aromatic carbocycles. The molecule has 0 spiro atoms. The molecule has 15 heteroatoms. The van der Waals surface area contributed by atoms with Crippen molar-refractivity contribution in [2.24, 2.45) is 0 Å². The Morgan fingerprint density at radius 2 is 1.60 bits per heavy atom. The van der Waals surface area contributed by atoms with E-state index in [1.54, 1.807) is 42.5 Å². The van der Waals surface area contributed by atoms with Crippen molar-refractivity contribution in [3.8, 4) is 0 Å². The van der Waals surface area contributed by atoms with Crippen LogP contribution in [0.25, 0.3) is 21.7 Å². The molecule has 2 fully saturated rings. The molecule has 0 saturated carbocycles. The topological polar surface area (TPSA) is 166 Å². The molecule has 1 N–H and O–H groups in total. The Bertz CT molecular complexity index is 2530. The van der Waals surface area contributed by atoms with Crippen molar-refractivity contribution in [2.45, 2.75) is 55.2 Å². The predicted octanol–water partition coefficient (Wildman–Crippen LogP) is 1.54. The van der Waals surface area contributed by atoms with Gasteiger partial charge < -0.3 is 9.45 Å². The van der Waals surface area contributed by atoms with Gasteiger partial charge in [0.25, 0.3) is 15.9 Å². The first-order valence-electron chi connectivity index (χ1n) is 16.7. The third-order valence-electron chi connectivity index (χ3n) is 10.3. The van der Waals surface area contributed by atoms with Crippen LogP contribution in [-0.4, -0.2) is 62.2 Å². The zero-order chi connectivity index (χ0) is 35.8. The number of piperidine rings is 2. The van der Waals surface area contributed by atoms with Crippen LogP contribution in [0.5, 0.6) is 0 Å². The van der Waals surface area contributed by atoms with Gasteiger partial charge in [0.05, 0.1) is 32.0 Å². The number of rotatable bonds is 7. The average molecular weight is 749 g/mol. The number of hydrogen-bond acceptors (Lipinski definition) is 9. The van der Waals surface area contributed by atoms with E-state index in [9.17, 15) is 35.8 Å². The quantitative estimate of drug-likeness (QED) is 0.148. The predicted molar refractivity (Wildman–Crippen MR) is 190 cm³/mol. The summed E-state index contributed by atoms with van der Waals surface area (Å²) in [7, 11) is -8.74. The first kappa shape index (κ1) is 36.3. The molecular weight excluding hydrogens is 716 g/mol. The van der Waals surface area contributed by atoms with Crippen molar-refractivity contribution < 1.29 is 65.3 Å². The second-order valence-electron chi connectivity index (χ2n) is 13.5. The van der Waals surface area contributed by atoms with Crippen LogP contribution in [0.3, 0.4) is 0 Å². The van der Waals surface area contributed by atoms with Crippen LogP contribution in [-0.2, 0) is 35.5 Å². The number of anilines is 2. The van der Waals surface area contributed by atoms with E-state index < -0.39 is 37.8 Å². The first-order valence-corrected chi connectivity index (χ1v) is 19.7. The van der Waals surface area contributed by atoms with Gasteiger partial charge in [-0.05, 0) is 85.0 Å². The molecule has 3 aliphatic heterocycles. The van der Waals surface area contributed by atoms with Crippen molar-refractivity contribution in [3.05, 3.63) is 101 Å². The normalized spacial score (nSPS) is 18.3. The van der Waals surface area contributed by atoms with Crippen LogP contribution in [0, 0.1) is 6.92 Å². The summed E-state index contributed by atoms with van der Waals surface area (Å²) in [6, 6.07) is 21.6. The maximum absolute atomic E-state index is 14.3. The molecule has 1 aromatic heterocycles. The fourth-order valence-electron chi connectivity index (χ4n) is 7.83. The molecular formula is C37H33N4NaO8S2. The molecule has 3 aliphatic rings. The zero-order valence-electron chi connectivity index (χ0n) is 28.5. The third kappa shape index (κ3) is 6.24. The minimum absolute atomic E-state index is 0. The average Bonchev–Trinajstić information content (AvgIpc) is 3.61. The van der Waals surface area contributed by atoms with E-state index in [0.717, 1.165) is 21.9 Å². The van der Waals surface area contributed by atoms with Crippen LogP contribution in [0.2, 0.25) is 0 Å². The summed E-state index contributed by atoms with van der Waals surface area (Å²) in [6.07, 6.45) is 1.76. The second kappa shape index (κ2) is 13.4. The van der Waals surface area contributed by atoms with Gasteiger partial charge in [-0.3, -0.25) is 24.6 Å². The van der Waals surface area contributed by atoms with Gasteiger partial charge in [0.15, 0.2) is 0 Å². The van der Waals surface area contributed by atoms with E-state index in [1.807, 2.05) is 36.1 Å². The third-order valence-corrected chi connectivity index (χ3v) is 12.7. The van der Waals surface area contributed by atoms with Crippen LogP contribution < -0.4 is 44.7 Å². The van der Waals surface area contributed by atoms with Gasteiger partial charge in [-0.1, -0.05) is 48.0 Å². The number of nitrogens with one attached hydrogen (secondary N) is 1. The maximum Gasteiger partial charge on any atom is 1.00 e. The molecule has 262 valence electrons. The molecule has 52 heavy (non-hydrogen) atoms. The SMILES string of the molecule is Cc1ccc(S(=O)(=O)n2c(N3CCC(c4ccc5c6c(cccc46)C(=O)N5C4CCC(=O)NC4=O)CC3)cc3ccc(CS(=O)(=O)[O-])cc32)cc1.[Na+]. The van der Waals surface area contributed by atoms with Crippen LogP contribution in [0.4, 0.5) is 11.5 Å². The molecule has 12 nitrogen and oxygen atoms in total. The molecule has 1 atom stereocenters. The second-order valence-corrected chi connectivity index (χ2v) is 16.7. The zero-order valence-corrected chi connectivity index (χ0v) is 32.2. The smallest absolute Gasteiger partial charge is 0.748 e. The standard InChI is InChI=1S/C37H34N4O8S2.Na/c1-22-5-9-26(10-6-22)51(48,49)41-32-19-23(21-50(45,46)47)7-8-25(32)20-34(41)39-17-15-24(16-18-39)27-11-12-30-35-28(27)3-2-4-29(35)37(44)40(30)31-13-14-33(42)38-36(31)43;/h2-12,19-20,24,31H,13-18,21H2,1H3,(H,38,42,43)(H,45,46,47);/q;+1/p-1. The number of imide groups is 1. The van der Waals surface area contributed by atoms with Crippen molar-refractivity contribution in [1.82, 2.24) is 9.29 Å². The van der Waals surface area contributed by atoms with E-state index in [4.69, 9.17) is 0 Å². The molecule has 0 aliphatic carbocycles. The van der Waals surface area contributed by atoms with E-state index >= 15 is 0 Å². The van der Waals surface area contributed by atoms with E-state index in [-0.39, 0.29) is 76.1 Å². The van der Waals surface area contributed by atoms with Gasteiger partial charge in [-0.2, -0.15) is 0 Å². The van der Waals surface area contributed by atoms with Crippen LogP contribution >= 0.6 is 0 Å². The number of aromatic nitrogens is 1. The first-order chi connectivity index (χ1) is 24.3. The minimum atomic E-state index is -4.60. The monoisotopic (exact) mass is 748 g/mol.